The topological polar surface area (TPSA) is 69.9 Å². The highest BCUT2D eigenvalue weighted by molar-refractivity contribution is 6.00. The van der Waals surface area contributed by atoms with Gasteiger partial charge in [0.05, 0.1) is 17.2 Å². The molecule has 4 rings (SSSR count). The largest absolute Gasteiger partial charge is 0.339 e. The molecule has 0 unspecified atom stereocenters. The summed E-state index contributed by atoms with van der Waals surface area (Å²) < 4.78 is 13.4. The van der Waals surface area contributed by atoms with E-state index in [1.54, 1.807) is 24.4 Å². The first-order valence-electron chi connectivity index (χ1n) is 10.9. The maximum absolute atomic E-state index is 13.4. The van der Waals surface area contributed by atoms with Crippen LogP contribution in [0.1, 0.15) is 48.0 Å². The molecule has 2 aromatic carbocycles. The van der Waals surface area contributed by atoms with E-state index in [0.717, 1.165) is 17.5 Å². The number of aromatic nitrogens is 2. The van der Waals surface area contributed by atoms with Crippen molar-refractivity contribution in [2.45, 2.75) is 32.1 Å². The Hall–Kier alpha value is -3.59. The number of rotatable bonds is 5. The van der Waals surface area contributed by atoms with Crippen LogP contribution in [0.25, 0.3) is 11.3 Å². The normalized spacial score (nSPS) is 16.2. The van der Waals surface area contributed by atoms with Gasteiger partial charge in [0.2, 0.25) is 0 Å². The Morgan fingerprint density at radius 1 is 1.16 bits per heavy atom. The number of hydrogen-bond acceptors (Lipinski definition) is 4. The summed E-state index contributed by atoms with van der Waals surface area (Å²) in [5.74, 6) is -0.336. The van der Waals surface area contributed by atoms with Gasteiger partial charge in [-0.2, -0.15) is 5.26 Å². The highest BCUT2D eigenvalue weighted by Crippen LogP contribution is 2.46. The lowest BCUT2D eigenvalue weighted by Gasteiger charge is -2.42. The maximum atomic E-state index is 13.4. The number of halogens is 1. The summed E-state index contributed by atoms with van der Waals surface area (Å²) in [5.41, 5.74) is 2.48. The van der Waals surface area contributed by atoms with Crippen LogP contribution in [0.4, 0.5) is 4.39 Å². The molecule has 0 bridgehead atoms. The molecule has 0 N–H and O–H groups in total. The zero-order chi connectivity index (χ0) is 22.6. The van der Waals surface area contributed by atoms with E-state index in [1.165, 1.54) is 18.5 Å². The molecule has 32 heavy (non-hydrogen) atoms. The zero-order valence-corrected chi connectivity index (χ0v) is 18.0. The highest BCUT2D eigenvalue weighted by Gasteiger charge is 2.43. The second-order valence-corrected chi connectivity index (χ2v) is 8.21. The van der Waals surface area contributed by atoms with Crippen LogP contribution in [0.3, 0.4) is 0 Å². The van der Waals surface area contributed by atoms with Gasteiger partial charge in [0.1, 0.15) is 12.1 Å². The molecule has 6 heteroatoms. The number of carbonyl (C=O) groups excluding carboxylic acids is 1. The lowest BCUT2D eigenvalue weighted by atomic mass is 9.66. The van der Waals surface area contributed by atoms with Crippen molar-refractivity contribution >= 4 is 5.91 Å². The first-order chi connectivity index (χ1) is 15.6. The zero-order valence-electron chi connectivity index (χ0n) is 18.0. The minimum absolute atomic E-state index is 0.00124. The number of likely N-dealkylation sites (tertiary alicyclic amines) is 1. The molecule has 1 aliphatic heterocycles. The molecule has 0 aliphatic carbocycles. The van der Waals surface area contributed by atoms with Gasteiger partial charge in [-0.05, 0) is 49.1 Å². The van der Waals surface area contributed by atoms with E-state index in [2.05, 4.69) is 23.0 Å². The summed E-state index contributed by atoms with van der Waals surface area (Å²) in [5, 5.41) is 10.2. The summed E-state index contributed by atoms with van der Waals surface area (Å²) in [7, 11) is 0. The van der Waals surface area contributed by atoms with Gasteiger partial charge in [0, 0.05) is 36.3 Å². The van der Waals surface area contributed by atoms with E-state index in [0.29, 0.717) is 37.2 Å². The predicted molar refractivity (Wildman–Crippen MR) is 120 cm³/mol. The quantitative estimate of drug-likeness (QED) is 0.558. The standard InChI is InChI=1S/C26H25FN4O/c1-2-23(19-7-9-20(27)10-8-19)26(17-28)12-15-31(16-13-26)25(32)22-6-4-3-5-21(22)24-11-14-29-18-30-24/h3-11,14,18,23H,2,12-13,15-16H2,1H3/t23-/m1/s1. The van der Waals surface area contributed by atoms with Gasteiger partial charge >= 0.3 is 0 Å². The average Bonchev–Trinajstić information content (AvgIpc) is 2.86. The molecule has 1 atom stereocenters. The Balaban J connectivity index is 1.55. The van der Waals surface area contributed by atoms with E-state index < -0.39 is 5.41 Å². The molecule has 5 nitrogen and oxygen atoms in total. The van der Waals surface area contributed by atoms with Crippen molar-refractivity contribution in [1.29, 1.82) is 5.26 Å². The number of benzene rings is 2. The van der Waals surface area contributed by atoms with E-state index in [-0.39, 0.29) is 17.6 Å². The second kappa shape index (κ2) is 9.27. The first-order valence-corrected chi connectivity index (χ1v) is 10.9. The maximum Gasteiger partial charge on any atom is 0.254 e. The molecule has 0 radical (unpaired) electrons. The molecule has 1 aliphatic rings. The van der Waals surface area contributed by atoms with Gasteiger partial charge < -0.3 is 4.90 Å². The number of piperidine rings is 1. The fraction of sp³-hybridized carbons (Fsp3) is 0.308. The van der Waals surface area contributed by atoms with Crippen LogP contribution >= 0.6 is 0 Å². The number of hydrogen-bond donors (Lipinski definition) is 0. The summed E-state index contributed by atoms with van der Waals surface area (Å²) >= 11 is 0. The third-order valence-corrected chi connectivity index (χ3v) is 6.53. The second-order valence-electron chi connectivity index (χ2n) is 8.21. The molecule has 1 aromatic heterocycles. The molecule has 0 saturated carbocycles. The SMILES string of the molecule is CC[C@H](c1ccc(F)cc1)C1(C#N)CCN(C(=O)c2ccccc2-c2ccncn2)CC1. The number of nitriles is 1. The Labute approximate surface area is 187 Å². The lowest BCUT2D eigenvalue weighted by Crippen LogP contribution is -2.45. The Bertz CT molecular complexity index is 1120. The minimum Gasteiger partial charge on any atom is -0.339 e. The third-order valence-electron chi connectivity index (χ3n) is 6.53. The molecular formula is C26H25FN4O. The minimum atomic E-state index is -0.574. The van der Waals surface area contributed by atoms with Gasteiger partial charge in [-0.3, -0.25) is 4.79 Å². The summed E-state index contributed by atoms with van der Waals surface area (Å²) in [4.78, 5) is 23.5. The summed E-state index contributed by atoms with van der Waals surface area (Å²) in [6.07, 6.45) is 5.08. The molecule has 1 amide bonds. The molecule has 1 saturated heterocycles. The van der Waals surface area contributed by atoms with Crippen molar-refractivity contribution in [3.05, 3.63) is 84.1 Å². The number of amides is 1. The smallest absolute Gasteiger partial charge is 0.254 e. The monoisotopic (exact) mass is 428 g/mol. The van der Waals surface area contributed by atoms with Crippen molar-refractivity contribution in [3.63, 3.8) is 0 Å². The third kappa shape index (κ3) is 4.11. The van der Waals surface area contributed by atoms with Crippen LogP contribution in [0, 0.1) is 22.6 Å². The van der Waals surface area contributed by atoms with Crippen molar-refractivity contribution in [3.8, 4) is 17.3 Å². The van der Waals surface area contributed by atoms with Crippen molar-refractivity contribution in [1.82, 2.24) is 14.9 Å². The molecular weight excluding hydrogens is 403 g/mol. The highest BCUT2D eigenvalue weighted by atomic mass is 19.1. The van der Waals surface area contributed by atoms with E-state index >= 15 is 0 Å². The van der Waals surface area contributed by atoms with Crippen LogP contribution in [0.5, 0.6) is 0 Å². The first kappa shape index (κ1) is 21.6. The number of nitrogens with zero attached hydrogens (tertiary/aromatic N) is 4. The molecule has 2 heterocycles. The molecule has 1 fully saturated rings. The molecule has 0 spiro atoms. The molecule has 162 valence electrons. The van der Waals surface area contributed by atoms with Gasteiger partial charge in [0.25, 0.3) is 5.91 Å². The lowest BCUT2D eigenvalue weighted by molar-refractivity contribution is 0.0614. The average molecular weight is 429 g/mol. The van der Waals surface area contributed by atoms with Gasteiger partial charge in [-0.25, -0.2) is 14.4 Å². The van der Waals surface area contributed by atoms with E-state index in [4.69, 9.17) is 0 Å². The molecule has 3 aromatic rings. The van der Waals surface area contributed by atoms with Crippen LogP contribution in [0.2, 0.25) is 0 Å². The van der Waals surface area contributed by atoms with Crippen molar-refractivity contribution < 1.29 is 9.18 Å². The Kier molecular flexibility index (Phi) is 6.27. The Morgan fingerprint density at radius 3 is 2.50 bits per heavy atom. The fourth-order valence-electron chi connectivity index (χ4n) is 4.80. The van der Waals surface area contributed by atoms with Crippen LogP contribution in [0.15, 0.2) is 67.1 Å². The van der Waals surface area contributed by atoms with Gasteiger partial charge in [-0.15, -0.1) is 0 Å². The predicted octanol–water partition coefficient (Wildman–Crippen LogP) is 5.22. The van der Waals surface area contributed by atoms with Crippen LogP contribution in [-0.4, -0.2) is 33.9 Å². The van der Waals surface area contributed by atoms with Crippen molar-refractivity contribution in [2.75, 3.05) is 13.1 Å². The fourth-order valence-corrected chi connectivity index (χ4v) is 4.80. The van der Waals surface area contributed by atoms with Crippen LogP contribution in [-0.2, 0) is 0 Å². The number of carbonyl (C=O) groups is 1. The summed E-state index contributed by atoms with van der Waals surface area (Å²) in [6, 6.07) is 18.3. The summed E-state index contributed by atoms with van der Waals surface area (Å²) in [6.45, 7) is 3.06. The Morgan fingerprint density at radius 2 is 1.88 bits per heavy atom. The van der Waals surface area contributed by atoms with Crippen LogP contribution < -0.4 is 0 Å². The van der Waals surface area contributed by atoms with E-state index in [1.807, 2.05) is 29.2 Å². The van der Waals surface area contributed by atoms with E-state index in [9.17, 15) is 14.4 Å². The van der Waals surface area contributed by atoms with Gasteiger partial charge in [0.15, 0.2) is 0 Å². The van der Waals surface area contributed by atoms with Crippen molar-refractivity contribution in [2.24, 2.45) is 5.41 Å². The van der Waals surface area contributed by atoms with Gasteiger partial charge in [-0.1, -0.05) is 37.3 Å².